The van der Waals surface area contributed by atoms with Crippen LogP contribution in [-0.2, 0) is 16.4 Å². The first-order valence-corrected chi connectivity index (χ1v) is 12.6. The first-order valence-electron chi connectivity index (χ1n) is 10.3. The zero-order chi connectivity index (χ0) is 23.4. The Morgan fingerprint density at radius 3 is 2.15 bits per heavy atom. The van der Waals surface area contributed by atoms with E-state index in [1.807, 2.05) is 25.1 Å². The van der Waals surface area contributed by atoms with E-state index in [-0.39, 0.29) is 16.5 Å². The minimum absolute atomic E-state index is 0.0139. The molecule has 168 valence electrons. The van der Waals surface area contributed by atoms with Gasteiger partial charge in [0, 0.05) is 39.7 Å². The van der Waals surface area contributed by atoms with Gasteiger partial charge in [-0.2, -0.15) is 0 Å². The molecular formula is C25H22N2O4S2. The van der Waals surface area contributed by atoms with Crippen LogP contribution in [0.15, 0.2) is 112 Å². The zero-order valence-electron chi connectivity index (χ0n) is 17.9. The van der Waals surface area contributed by atoms with E-state index in [2.05, 4.69) is 36.4 Å². The number of non-ortho nitro benzene ring substituents is 1. The number of rotatable bonds is 8. The van der Waals surface area contributed by atoms with Crippen LogP contribution in [0.5, 0.6) is 0 Å². The van der Waals surface area contributed by atoms with Crippen LogP contribution in [-0.4, -0.2) is 17.3 Å². The summed E-state index contributed by atoms with van der Waals surface area (Å²) in [4.78, 5) is 12.6. The van der Waals surface area contributed by atoms with Gasteiger partial charge in [0.05, 0.1) is 9.82 Å². The molecule has 4 aromatic rings. The van der Waals surface area contributed by atoms with Crippen molar-refractivity contribution in [3.8, 4) is 0 Å². The van der Waals surface area contributed by atoms with Gasteiger partial charge < -0.3 is 0 Å². The van der Waals surface area contributed by atoms with Crippen molar-refractivity contribution in [2.24, 2.45) is 0 Å². The van der Waals surface area contributed by atoms with E-state index in [1.54, 1.807) is 23.9 Å². The highest BCUT2D eigenvalue weighted by atomic mass is 32.2. The molecule has 0 unspecified atom stereocenters. The second-order valence-electron chi connectivity index (χ2n) is 7.65. The lowest BCUT2D eigenvalue weighted by Crippen LogP contribution is -2.17. The summed E-state index contributed by atoms with van der Waals surface area (Å²) in [5.41, 5.74) is 1.63. The largest absolute Gasteiger partial charge is 0.269 e. The van der Waals surface area contributed by atoms with E-state index >= 15 is 0 Å². The maximum atomic E-state index is 13.2. The Kier molecular flexibility index (Phi) is 6.67. The van der Waals surface area contributed by atoms with Crippen molar-refractivity contribution in [3.63, 3.8) is 0 Å². The molecule has 0 aliphatic carbocycles. The minimum Gasteiger partial charge on any atom is -0.258 e. The van der Waals surface area contributed by atoms with Gasteiger partial charge >= 0.3 is 0 Å². The molecule has 33 heavy (non-hydrogen) atoms. The van der Waals surface area contributed by atoms with E-state index in [0.717, 1.165) is 10.5 Å². The molecule has 0 aliphatic rings. The standard InChI is InChI=1S/C25H22N2O4S2/c1-19(18-20-9-13-23(14-10-20)32-22-6-3-2-4-7-22)25-8-5-17-26(25)33(30,31)24-15-11-21(12-16-24)27(28)29/h2-17,19H,18H2,1H3/t19-/m1/s1. The molecule has 0 aliphatic heterocycles. The van der Waals surface area contributed by atoms with Gasteiger partial charge in [0.15, 0.2) is 0 Å². The van der Waals surface area contributed by atoms with Crippen LogP contribution in [0.4, 0.5) is 5.69 Å². The Hall–Kier alpha value is -3.36. The number of nitro groups is 1. The summed E-state index contributed by atoms with van der Waals surface area (Å²) >= 11 is 1.69. The predicted octanol–water partition coefficient (Wildman–Crippen LogP) is 6.13. The minimum atomic E-state index is -3.86. The molecule has 0 radical (unpaired) electrons. The molecule has 3 aromatic carbocycles. The van der Waals surface area contributed by atoms with E-state index in [9.17, 15) is 18.5 Å². The molecular weight excluding hydrogens is 456 g/mol. The summed E-state index contributed by atoms with van der Waals surface area (Å²) in [7, 11) is -3.86. The highest BCUT2D eigenvalue weighted by Crippen LogP contribution is 2.29. The van der Waals surface area contributed by atoms with Crippen LogP contribution in [0.3, 0.4) is 0 Å². The molecule has 4 rings (SSSR count). The maximum absolute atomic E-state index is 13.2. The van der Waals surface area contributed by atoms with Crippen molar-refractivity contribution < 1.29 is 13.3 Å². The molecule has 6 nitrogen and oxygen atoms in total. The molecule has 0 spiro atoms. The van der Waals surface area contributed by atoms with E-state index in [1.165, 1.54) is 39.3 Å². The van der Waals surface area contributed by atoms with E-state index < -0.39 is 14.9 Å². The molecule has 1 aromatic heterocycles. The van der Waals surface area contributed by atoms with Crippen molar-refractivity contribution in [2.45, 2.75) is 33.9 Å². The average molecular weight is 479 g/mol. The Balaban J connectivity index is 1.50. The van der Waals surface area contributed by atoms with Gasteiger partial charge in [-0.05, 0) is 60.5 Å². The number of hydrogen-bond acceptors (Lipinski definition) is 5. The first kappa shape index (κ1) is 22.8. The zero-order valence-corrected chi connectivity index (χ0v) is 19.5. The van der Waals surface area contributed by atoms with Gasteiger partial charge in [-0.1, -0.05) is 49.0 Å². The molecule has 0 saturated heterocycles. The lowest BCUT2D eigenvalue weighted by atomic mass is 9.98. The lowest BCUT2D eigenvalue weighted by molar-refractivity contribution is -0.384. The molecule has 0 N–H and O–H groups in total. The van der Waals surface area contributed by atoms with Crippen molar-refractivity contribution in [2.75, 3.05) is 0 Å². The van der Waals surface area contributed by atoms with Crippen LogP contribution < -0.4 is 0 Å². The lowest BCUT2D eigenvalue weighted by Gasteiger charge is -2.16. The number of nitrogens with zero attached hydrogens (tertiary/aromatic N) is 2. The molecule has 1 atom stereocenters. The molecule has 0 amide bonds. The first-order chi connectivity index (χ1) is 15.8. The fraction of sp³-hybridized carbons (Fsp3) is 0.120. The normalized spacial score (nSPS) is 12.4. The summed E-state index contributed by atoms with van der Waals surface area (Å²) in [6.45, 7) is 1.99. The second kappa shape index (κ2) is 9.64. The third-order valence-electron chi connectivity index (χ3n) is 5.30. The SMILES string of the molecule is C[C@H](Cc1ccc(Sc2ccccc2)cc1)c1cccn1S(=O)(=O)c1ccc([N+](=O)[O-])cc1. The van der Waals surface area contributed by atoms with Crippen LogP contribution in [0.25, 0.3) is 0 Å². The van der Waals surface area contributed by atoms with Gasteiger partial charge in [0.1, 0.15) is 0 Å². The third kappa shape index (κ3) is 5.18. The average Bonchev–Trinajstić information content (AvgIpc) is 3.32. The topological polar surface area (TPSA) is 82.2 Å². The van der Waals surface area contributed by atoms with Crippen LogP contribution >= 0.6 is 11.8 Å². The van der Waals surface area contributed by atoms with E-state index in [0.29, 0.717) is 12.1 Å². The fourth-order valence-corrected chi connectivity index (χ4v) is 5.90. The van der Waals surface area contributed by atoms with Crippen LogP contribution in [0.1, 0.15) is 24.1 Å². The van der Waals surface area contributed by atoms with Crippen molar-refractivity contribution >= 4 is 27.5 Å². The van der Waals surface area contributed by atoms with Gasteiger partial charge in [-0.15, -0.1) is 0 Å². The van der Waals surface area contributed by atoms with Gasteiger partial charge in [-0.25, -0.2) is 12.4 Å². The van der Waals surface area contributed by atoms with Crippen LogP contribution in [0, 0.1) is 10.1 Å². The summed E-state index contributed by atoms with van der Waals surface area (Å²) < 4.78 is 27.6. The van der Waals surface area contributed by atoms with Crippen LogP contribution in [0.2, 0.25) is 0 Å². The molecule has 0 fully saturated rings. The molecule has 0 saturated carbocycles. The smallest absolute Gasteiger partial charge is 0.258 e. The van der Waals surface area contributed by atoms with Crippen molar-refractivity contribution in [1.82, 2.24) is 3.97 Å². The van der Waals surface area contributed by atoms with Crippen molar-refractivity contribution in [1.29, 1.82) is 0 Å². The Bertz CT molecular complexity index is 1350. The predicted molar refractivity (Wildman–Crippen MR) is 129 cm³/mol. The highest BCUT2D eigenvalue weighted by Gasteiger charge is 2.23. The number of aromatic nitrogens is 1. The third-order valence-corrected chi connectivity index (χ3v) is 8.03. The number of benzene rings is 3. The second-order valence-corrected chi connectivity index (χ2v) is 10.6. The summed E-state index contributed by atoms with van der Waals surface area (Å²) in [6, 6.07) is 26.9. The van der Waals surface area contributed by atoms with E-state index in [4.69, 9.17) is 0 Å². The Morgan fingerprint density at radius 1 is 0.879 bits per heavy atom. The Morgan fingerprint density at radius 2 is 1.52 bits per heavy atom. The van der Waals surface area contributed by atoms with Crippen molar-refractivity contribution in [3.05, 3.63) is 119 Å². The summed E-state index contributed by atoms with van der Waals surface area (Å²) in [6.07, 6.45) is 2.19. The summed E-state index contributed by atoms with van der Waals surface area (Å²) in [5.74, 6) is -0.0551. The number of hydrogen-bond donors (Lipinski definition) is 0. The highest BCUT2D eigenvalue weighted by molar-refractivity contribution is 7.99. The fourth-order valence-electron chi connectivity index (χ4n) is 3.61. The quantitative estimate of drug-likeness (QED) is 0.225. The molecule has 8 heteroatoms. The molecule has 0 bridgehead atoms. The monoisotopic (exact) mass is 478 g/mol. The summed E-state index contributed by atoms with van der Waals surface area (Å²) in [5, 5.41) is 10.9. The van der Waals surface area contributed by atoms with Gasteiger partial charge in [-0.3, -0.25) is 10.1 Å². The van der Waals surface area contributed by atoms with Gasteiger partial charge in [0.25, 0.3) is 15.7 Å². The maximum Gasteiger partial charge on any atom is 0.269 e. The number of nitro benzene ring substituents is 1. The van der Waals surface area contributed by atoms with Gasteiger partial charge in [0.2, 0.25) is 0 Å². The Labute approximate surface area is 197 Å². The molecule has 1 heterocycles.